The van der Waals surface area contributed by atoms with Gasteiger partial charge in [-0.15, -0.1) is 0 Å². The molecule has 3 atom stereocenters. The molecule has 1 aromatic carbocycles. The van der Waals surface area contributed by atoms with Crippen LogP contribution >= 0.6 is 0 Å². The molecule has 0 spiro atoms. The van der Waals surface area contributed by atoms with Crippen LogP contribution in [0.4, 0.5) is 4.39 Å². The SMILES string of the molecule is C/C=C/c1cnc2c(c1)C(=O)N([C@H](C)CO)C[C@H](C)[C@@H](CN(C)S(=O)(=O)c1ccc(F)cc1)O2. The average molecular weight is 492 g/mol. The number of rotatable bonds is 7. The van der Waals surface area contributed by atoms with E-state index in [4.69, 9.17) is 4.74 Å². The van der Waals surface area contributed by atoms with Gasteiger partial charge in [-0.1, -0.05) is 19.1 Å². The van der Waals surface area contributed by atoms with Crippen molar-refractivity contribution in [3.05, 3.63) is 59.5 Å². The predicted molar refractivity (Wildman–Crippen MR) is 126 cm³/mol. The van der Waals surface area contributed by atoms with E-state index in [1.165, 1.54) is 19.2 Å². The lowest BCUT2D eigenvalue weighted by Gasteiger charge is -2.37. The number of amides is 1. The van der Waals surface area contributed by atoms with Crippen LogP contribution in [-0.2, 0) is 10.0 Å². The number of carbonyl (C=O) groups excluding carboxylic acids is 1. The third-order valence-electron chi connectivity index (χ3n) is 5.86. The molecule has 2 aromatic rings. The molecule has 1 aliphatic rings. The molecule has 1 amide bonds. The number of nitrogens with zero attached hydrogens (tertiary/aromatic N) is 3. The Morgan fingerprint density at radius 3 is 2.65 bits per heavy atom. The number of aromatic nitrogens is 1. The Hall–Kier alpha value is -2.82. The van der Waals surface area contributed by atoms with E-state index in [0.29, 0.717) is 0 Å². The van der Waals surface area contributed by atoms with Gasteiger partial charge in [0, 0.05) is 25.7 Å². The molecule has 1 N–H and O–H groups in total. The maximum absolute atomic E-state index is 13.3. The summed E-state index contributed by atoms with van der Waals surface area (Å²) < 4.78 is 46.6. The Labute approximate surface area is 199 Å². The molecule has 3 rings (SSSR count). The Balaban J connectivity index is 1.97. The van der Waals surface area contributed by atoms with Gasteiger partial charge < -0.3 is 14.7 Å². The zero-order chi connectivity index (χ0) is 25.0. The van der Waals surface area contributed by atoms with Crippen LogP contribution in [0.2, 0.25) is 0 Å². The standard InChI is InChI=1S/C24H30FN3O5S/c1-5-6-18-11-21-23(26-12-18)33-22(16(2)13-28(24(21)30)17(3)15-29)14-27(4)34(31,32)20-9-7-19(25)8-10-20/h5-12,16-17,22,29H,13-15H2,1-4H3/b6-5+/t16-,17+,22+/m0/s1. The number of sulfonamides is 1. The number of ether oxygens (including phenoxy) is 1. The number of hydrogen-bond donors (Lipinski definition) is 1. The highest BCUT2D eigenvalue weighted by atomic mass is 32.2. The van der Waals surface area contributed by atoms with E-state index in [-0.39, 0.29) is 47.9 Å². The predicted octanol–water partition coefficient (Wildman–Crippen LogP) is 2.79. The van der Waals surface area contributed by atoms with Crippen LogP contribution in [0.15, 0.2) is 47.5 Å². The molecule has 0 unspecified atom stereocenters. The van der Waals surface area contributed by atoms with Gasteiger partial charge in [0.1, 0.15) is 17.5 Å². The van der Waals surface area contributed by atoms with E-state index < -0.39 is 28.0 Å². The fourth-order valence-corrected chi connectivity index (χ4v) is 4.94. The number of aliphatic hydroxyl groups is 1. The molecule has 1 aliphatic heterocycles. The van der Waals surface area contributed by atoms with Crippen molar-refractivity contribution < 1.29 is 27.4 Å². The highest BCUT2D eigenvalue weighted by Crippen LogP contribution is 2.28. The van der Waals surface area contributed by atoms with Crippen LogP contribution < -0.4 is 4.74 Å². The van der Waals surface area contributed by atoms with Gasteiger partial charge in [0.05, 0.1) is 24.1 Å². The molecule has 0 aliphatic carbocycles. The molecule has 184 valence electrons. The van der Waals surface area contributed by atoms with E-state index in [9.17, 15) is 22.7 Å². The summed E-state index contributed by atoms with van der Waals surface area (Å²) in [5.74, 6) is -1.01. The molecule has 1 aromatic heterocycles. The normalized spacial score (nSPS) is 20.1. The Morgan fingerprint density at radius 2 is 2.03 bits per heavy atom. The van der Waals surface area contributed by atoms with Crippen molar-refractivity contribution in [2.24, 2.45) is 5.92 Å². The van der Waals surface area contributed by atoms with Crippen molar-refractivity contribution in [1.82, 2.24) is 14.2 Å². The largest absolute Gasteiger partial charge is 0.472 e. The number of aliphatic hydroxyl groups excluding tert-OH is 1. The minimum atomic E-state index is -3.90. The van der Waals surface area contributed by atoms with Crippen molar-refractivity contribution in [2.45, 2.75) is 37.8 Å². The number of allylic oxidation sites excluding steroid dienone is 1. The van der Waals surface area contributed by atoms with Gasteiger partial charge in [0.2, 0.25) is 15.9 Å². The quantitative estimate of drug-likeness (QED) is 0.639. The van der Waals surface area contributed by atoms with E-state index in [2.05, 4.69) is 4.98 Å². The number of fused-ring (bicyclic) bond motifs is 1. The third-order valence-corrected chi connectivity index (χ3v) is 7.70. The average Bonchev–Trinajstić information content (AvgIpc) is 2.81. The van der Waals surface area contributed by atoms with Crippen LogP contribution in [0.3, 0.4) is 0 Å². The molecule has 10 heteroatoms. The minimum absolute atomic E-state index is 0.0197. The number of halogens is 1. The molecule has 0 saturated carbocycles. The molecule has 0 saturated heterocycles. The molecular formula is C24H30FN3O5S. The van der Waals surface area contributed by atoms with Crippen molar-refractivity contribution in [3.63, 3.8) is 0 Å². The molecule has 0 bridgehead atoms. The first-order valence-corrected chi connectivity index (χ1v) is 12.5. The van der Waals surface area contributed by atoms with Crippen LogP contribution in [0, 0.1) is 11.7 Å². The number of hydrogen-bond acceptors (Lipinski definition) is 6. The fraction of sp³-hybridized carbons (Fsp3) is 0.417. The summed E-state index contributed by atoms with van der Waals surface area (Å²) in [6, 6.07) is 5.84. The van der Waals surface area contributed by atoms with Gasteiger partial charge in [-0.05, 0) is 49.7 Å². The first-order chi connectivity index (χ1) is 16.1. The summed E-state index contributed by atoms with van der Waals surface area (Å²) in [5, 5.41) is 9.74. The van der Waals surface area contributed by atoms with Gasteiger partial charge in [-0.2, -0.15) is 4.31 Å². The van der Waals surface area contributed by atoms with E-state index in [0.717, 1.165) is 22.0 Å². The fourth-order valence-electron chi connectivity index (χ4n) is 3.76. The number of likely N-dealkylation sites (N-methyl/N-ethyl adjacent to an activating group) is 1. The number of benzene rings is 1. The Kier molecular flexibility index (Phi) is 8.06. The molecule has 0 fully saturated rings. The van der Waals surface area contributed by atoms with E-state index >= 15 is 0 Å². The number of pyridine rings is 1. The molecular weight excluding hydrogens is 461 g/mol. The zero-order valence-corrected chi connectivity index (χ0v) is 20.5. The van der Waals surface area contributed by atoms with Crippen molar-refractivity contribution in [2.75, 3.05) is 26.7 Å². The highest BCUT2D eigenvalue weighted by Gasteiger charge is 2.35. The smallest absolute Gasteiger partial charge is 0.259 e. The topological polar surface area (TPSA) is 100 Å². The molecule has 8 nitrogen and oxygen atoms in total. The molecule has 34 heavy (non-hydrogen) atoms. The first-order valence-electron chi connectivity index (χ1n) is 11.0. The second kappa shape index (κ2) is 10.6. The minimum Gasteiger partial charge on any atom is -0.472 e. The summed E-state index contributed by atoms with van der Waals surface area (Å²) in [5.41, 5.74) is 0.966. The van der Waals surface area contributed by atoms with E-state index in [1.807, 2.05) is 26.0 Å². The van der Waals surface area contributed by atoms with E-state index in [1.54, 1.807) is 24.1 Å². The molecule has 2 heterocycles. The van der Waals surface area contributed by atoms with Crippen LogP contribution in [-0.4, -0.2) is 72.5 Å². The van der Waals surface area contributed by atoms with Gasteiger partial charge in [0.25, 0.3) is 5.91 Å². The monoisotopic (exact) mass is 491 g/mol. The lowest BCUT2D eigenvalue weighted by Crippen LogP contribution is -2.50. The van der Waals surface area contributed by atoms with Crippen molar-refractivity contribution in [1.29, 1.82) is 0 Å². The highest BCUT2D eigenvalue weighted by molar-refractivity contribution is 7.89. The maximum Gasteiger partial charge on any atom is 0.259 e. The van der Waals surface area contributed by atoms with Crippen LogP contribution in [0.1, 0.15) is 36.7 Å². The lowest BCUT2D eigenvalue weighted by molar-refractivity contribution is 0.0373. The Bertz CT molecular complexity index is 1150. The van der Waals surface area contributed by atoms with Crippen LogP contribution in [0.25, 0.3) is 6.08 Å². The second-order valence-corrected chi connectivity index (χ2v) is 10.5. The first kappa shape index (κ1) is 25.8. The lowest BCUT2D eigenvalue weighted by atomic mass is 10.00. The zero-order valence-electron chi connectivity index (χ0n) is 19.7. The maximum atomic E-state index is 13.3. The van der Waals surface area contributed by atoms with Gasteiger partial charge in [-0.25, -0.2) is 17.8 Å². The van der Waals surface area contributed by atoms with Gasteiger partial charge >= 0.3 is 0 Å². The van der Waals surface area contributed by atoms with Gasteiger partial charge in [0.15, 0.2) is 0 Å². The van der Waals surface area contributed by atoms with Crippen LogP contribution in [0.5, 0.6) is 5.88 Å². The third kappa shape index (κ3) is 5.45. The summed E-state index contributed by atoms with van der Waals surface area (Å²) in [6.07, 6.45) is 4.57. The summed E-state index contributed by atoms with van der Waals surface area (Å²) in [7, 11) is -2.47. The van der Waals surface area contributed by atoms with Crippen molar-refractivity contribution >= 4 is 22.0 Å². The summed E-state index contributed by atoms with van der Waals surface area (Å²) in [4.78, 5) is 19.2. The summed E-state index contributed by atoms with van der Waals surface area (Å²) in [6.45, 7) is 5.46. The number of carbonyl (C=O) groups is 1. The van der Waals surface area contributed by atoms with Crippen molar-refractivity contribution in [3.8, 4) is 5.88 Å². The van der Waals surface area contributed by atoms with Gasteiger partial charge in [-0.3, -0.25) is 4.79 Å². The second-order valence-electron chi connectivity index (χ2n) is 8.48. The Morgan fingerprint density at radius 1 is 1.35 bits per heavy atom. The molecule has 0 radical (unpaired) electrons. The summed E-state index contributed by atoms with van der Waals surface area (Å²) >= 11 is 0.